The van der Waals surface area contributed by atoms with E-state index in [4.69, 9.17) is 5.73 Å². The summed E-state index contributed by atoms with van der Waals surface area (Å²) in [6.45, 7) is 5.56. The van der Waals surface area contributed by atoms with E-state index < -0.39 is 0 Å². The highest BCUT2D eigenvalue weighted by Gasteiger charge is 2.25. The van der Waals surface area contributed by atoms with Gasteiger partial charge in [-0.25, -0.2) is 0 Å². The van der Waals surface area contributed by atoms with Crippen molar-refractivity contribution in [2.24, 2.45) is 11.7 Å². The summed E-state index contributed by atoms with van der Waals surface area (Å²) in [6, 6.07) is 2.55. The minimum absolute atomic E-state index is 0.338. The Balaban J connectivity index is 1.87. The molecule has 1 saturated heterocycles. The third-order valence-corrected chi connectivity index (χ3v) is 4.74. The number of hydrogen-bond acceptors (Lipinski definition) is 3. The van der Waals surface area contributed by atoms with E-state index in [-0.39, 0.29) is 0 Å². The highest BCUT2D eigenvalue weighted by atomic mass is 79.9. The van der Waals surface area contributed by atoms with Crippen LogP contribution in [0.1, 0.15) is 18.2 Å². The van der Waals surface area contributed by atoms with Crippen molar-refractivity contribution >= 4 is 27.3 Å². The minimum atomic E-state index is 0.338. The van der Waals surface area contributed by atoms with Crippen LogP contribution in [0.3, 0.4) is 0 Å². The predicted molar refractivity (Wildman–Crippen MR) is 69.1 cm³/mol. The fourth-order valence-electron chi connectivity index (χ4n) is 2.09. The molecule has 2 atom stereocenters. The first-order chi connectivity index (χ1) is 7.15. The summed E-state index contributed by atoms with van der Waals surface area (Å²) in [5, 5.41) is 2.15. The van der Waals surface area contributed by atoms with Crippen molar-refractivity contribution in [2.45, 2.75) is 25.9 Å². The van der Waals surface area contributed by atoms with E-state index in [1.165, 1.54) is 22.3 Å². The maximum atomic E-state index is 5.93. The van der Waals surface area contributed by atoms with Crippen LogP contribution in [0.2, 0.25) is 0 Å². The van der Waals surface area contributed by atoms with Crippen LogP contribution in [0.4, 0.5) is 0 Å². The Kier molecular flexibility index (Phi) is 3.83. The third-order valence-electron chi connectivity index (χ3n) is 3.05. The summed E-state index contributed by atoms with van der Waals surface area (Å²) in [4.78, 5) is 3.94. The predicted octanol–water partition coefficient (Wildman–Crippen LogP) is 2.68. The number of nitrogens with two attached hydrogens (primary N) is 1. The second-order valence-corrected chi connectivity index (χ2v) is 6.29. The molecule has 1 aliphatic rings. The van der Waals surface area contributed by atoms with E-state index in [0.717, 1.165) is 13.1 Å². The fourth-order valence-corrected chi connectivity index (χ4v) is 3.58. The first-order valence-corrected chi connectivity index (χ1v) is 7.03. The molecular formula is C11H17BrN2S. The number of rotatable bonds is 3. The molecule has 0 aromatic carbocycles. The van der Waals surface area contributed by atoms with Crippen LogP contribution in [0.15, 0.2) is 15.9 Å². The second-order valence-electron chi connectivity index (χ2n) is 4.37. The van der Waals surface area contributed by atoms with E-state index in [0.29, 0.717) is 12.0 Å². The average molecular weight is 289 g/mol. The second kappa shape index (κ2) is 4.95. The summed E-state index contributed by atoms with van der Waals surface area (Å²) < 4.78 is 1.20. The summed E-state index contributed by atoms with van der Waals surface area (Å²) >= 11 is 5.31. The zero-order valence-electron chi connectivity index (χ0n) is 8.95. The normalized spacial score (nSPS) is 24.6. The van der Waals surface area contributed by atoms with E-state index in [2.05, 4.69) is 39.2 Å². The summed E-state index contributed by atoms with van der Waals surface area (Å²) in [6.07, 6.45) is 1.25. The quantitative estimate of drug-likeness (QED) is 0.927. The lowest BCUT2D eigenvalue weighted by Gasteiger charge is -2.16. The third kappa shape index (κ3) is 3.03. The van der Waals surface area contributed by atoms with Crippen LogP contribution >= 0.6 is 27.3 Å². The van der Waals surface area contributed by atoms with Crippen molar-refractivity contribution in [3.05, 3.63) is 20.8 Å². The van der Waals surface area contributed by atoms with Gasteiger partial charge in [0.15, 0.2) is 0 Å². The minimum Gasteiger partial charge on any atom is -0.328 e. The Labute approximate surface area is 104 Å². The van der Waals surface area contributed by atoms with E-state index in [1.54, 1.807) is 0 Å². The Bertz CT molecular complexity index is 324. The van der Waals surface area contributed by atoms with Crippen molar-refractivity contribution < 1.29 is 0 Å². The van der Waals surface area contributed by atoms with E-state index in [9.17, 15) is 0 Å². The molecule has 0 bridgehead atoms. The van der Waals surface area contributed by atoms with E-state index in [1.807, 2.05) is 11.3 Å². The smallest absolute Gasteiger partial charge is 0.0328 e. The number of hydrogen-bond donors (Lipinski definition) is 1. The summed E-state index contributed by atoms with van der Waals surface area (Å²) in [5.74, 6) is 0.688. The molecular weight excluding hydrogens is 272 g/mol. The molecule has 84 valence electrons. The first-order valence-electron chi connectivity index (χ1n) is 5.36. The van der Waals surface area contributed by atoms with Gasteiger partial charge in [0.1, 0.15) is 0 Å². The molecule has 2 N–H and O–H groups in total. The molecule has 1 fully saturated rings. The van der Waals surface area contributed by atoms with Crippen molar-refractivity contribution in [3.8, 4) is 0 Å². The van der Waals surface area contributed by atoms with Crippen LogP contribution in [-0.2, 0) is 6.54 Å². The van der Waals surface area contributed by atoms with Gasteiger partial charge in [0.2, 0.25) is 0 Å². The monoisotopic (exact) mass is 288 g/mol. The van der Waals surface area contributed by atoms with Crippen LogP contribution in [0, 0.1) is 5.92 Å². The van der Waals surface area contributed by atoms with Crippen molar-refractivity contribution in [1.82, 2.24) is 4.90 Å². The molecule has 1 aliphatic heterocycles. The summed E-state index contributed by atoms with van der Waals surface area (Å²) in [5.41, 5.74) is 5.93. The van der Waals surface area contributed by atoms with Gasteiger partial charge in [-0.15, -0.1) is 11.3 Å². The van der Waals surface area contributed by atoms with Gasteiger partial charge in [0.25, 0.3) is 0 Å². The molecule has 2 nitrogen and oxygen atoms in total. The molecule has 2 unspecified atom stereocenters. The molecule has 0 radical (unpaired) electrons. The van der Waals surface area contributed by atoms with Crippen molar-refractivity contribution in [2.75, 3.05) is 13.1 Å². The highest BCUT2D eigenvalue weighted by Crippen LogP contribution is 2.25. The molecule has 0 aliphatic carbocycles. The topological polar surface area (TPSA) is 29.3 Å². The molecule has 2 rings (SSSR count). The van der Waals surface area contributed by atoms with Gasteiger partial charge < -0.3 is 5.73 Å². The molecule has 1 aromatic rings. The van der Waals surface area contributed by atoms with Crippen molar-refractivity contribution in [1.29, 1.82) is 0 Å². The highest BCUT2D eigenvalue weighted by molar-refractivity contribution is 9.10. The van der Waals surface area contributed by atoms with Crippen LogP contribution in [0.25, 0.3) is 0 Å². The largest absolute Gasteiger partial charge is 0.328 e. The van der Waals surface area contributed by atoms with Gasteiger partial charge in [-0.05, 0) is 47.8 Å². The van der Waals surface area contributed by atoms with Gasteiger partial charge in [-0.1, -0.05) is 0 Å². The number of likely N-dealkylation sites (tertiary alicyclic amines) is 1. The number of halogens is 1. The maximum Gasteiger partial charge on any atom is 0.0328 e. The molecule has 1 aromatic heterocycles. The van der Waals surface area contributed by atoms with Crippen LogP contribution < -0.4 is 5.73 Å². The molecule has 0 saturated carbocycles. The lowest BCUT2D eigenvalue weighted by molar-refractivity contribution is 0.311. The molecule has 0 spiro atoms. The van der Waals surface area contributed by atoms with Gasteiger partial charge in [0, 0.05) is 33.9 Å². The average Bonchev–Trinajstić information content (AvgIpc) is 2.76. The Morgan fingerprint density at radius 2 is 2.53 bits per heavy atom. The molecule has 0 amide bonds. The molecule has 2 heterocycles. The Hall–Kier alpha value is 0.1000. The van der Waals surface area contributed by atoms with Crippen LogP contribution in [-0.4, -0.2) is 24.0 Å². The van der Waals surface area contributed by atoms with E-state index >= 15 is 0 Å². The lowest BCUT2D eigenvalue weighted by atomic mass is 10.0. The van der Waals surface area contributed by atoms with Crippen LogP contribution in [0.5, 0.6) is 0 Å². The summed E-state index contributed by atoms with van der Waals surface area (Å²) in [7, 11) is 0. The SMILES string of the molecule is CC(N)C1CCN(Cc2cc(Br)cs2)C1. The standard InChI is InChI=1S/C11H17BrN2S/c1-8(13)9-2-3-14(5-9)6-11-4-10(12)7-15-11/h4,7-9H,2-3,5-6,13H2,1H3. The number of thiophene rings is 1. The zero-order valence-corrected chi connectivity index (χ0v) is 11.4. The van der Waals surface area contributed by atoms with Gasteiger partial charge in [-0.3, -0.25) is 4.90 Å². The van der Waals surface area contributed by atoms with Gasteiger partial charge >= 0.3 is 0 Å². The zero-order chi connectivity index (χ0) is 10.8. The maximum absolute atomic E-state index is 5.93. The first kappa shape index (κ1) is 11.6. The van der Waals surface area contributed by atoms with Gasteiger partial charge in [0.05, 0.1) is 0 Å². The molecule has 4 heteroatoms. The lowest BCUT2D eigenvalue weighted by Crippen LogP contribution is -2.29. The molecule has 15 heavy (non-hydrogen) atoms. The van der Waals surface area contributed by atoms with Crippen molar-refractivity contribution in [3.63, 3.8) is 0 Å². The fraction of sp³-hybridized carbons (Fsp3) is 0.636. The number of nitrogens with zero attached hydrogens (tertiary/aromatic N) is 1. The Morgan fingerprint density at radius 1 is 1.73 bits per heavy atom. The van der Waals surface area contributed by atoms with Gasteiger partial charge in [-0.2, -0.15) is 0 Å². The Morgan fingerprint density at radius 3 is 3.07 bits per heavy atom.